The van der Waals surface area contributed by atoms with Crippen molar-refractivity contribution >= 4 is 11.7 Å². The Labute approximate surface area is 170 Å². The highest BCUT2D eigenvalue weighted by molar-refractivity contribution is 6.04. The van der Waals surface area contributed by atoms with Crippen LogP contribution in [0.1, 0.15) is 21.6 Å². The van der Waals surface area contributed by atoms with Gasteiger partial charge in [-0.2, -0.15) is 18.3 Å². The summed E-state index contributed by atoms with van der Waals surface area (Å²) in [4.78, 5) is 20.3. The summed E-state index contributed by atoms with van der Waals surface area (Å²) in [5.41, 5.74) is -0.668. The number of carbonyl (C=O) groups excluding carboxylic acids is 1. The van der Waals surface area contributed by atoms with Gasteiger partial charge in [0.05, 0.1) is 29.8 Å². The molecule has 0 saturated carbocycles. The van der Waals surface area contributed by atoms with Crippen molar-refractivity contribution in [3.63, 3.8) is 0 Å². The Bertz CT molecular complexity index is 1170. The Hall–Kier alpha value is -3.77. The van der Waals surface area contributed by atoms with Crippen molar-refractivity contribution in [3.8, 4) is 22.8 Å². The van der Waals surface area contributed by atoms with Crippen LogP contribution in [0, 0.1) is 6.92 Å². The van der Waals surface area contributed by atoms with Crippen LogP contribution in [0.5, 0.6) is 11.5 Å². The van der Waals surface area contributed by atoms with E-state index in [1.54, 1.807) is 6.92 Å². The molecule has 0 radical (unpaired) electrons. The van der Waals surface area contributed by atoms with E-state index < -0.39 is 29.6 Å². The Morgan fingerprint density at radius 3 is 2.39 bits per heavy atom. The van der Waals surface area contributed by atoms with E-state index in [-0.39, 0.29) is 23.0 Å². The lowest BCUT2D eigenvalue weighted by atomic mass is 10.1. The van der Waals surface area contributed by atoms with Gasteiger partial charge in [0.2, 0.25) is 0 Å². The largest absolute Gasteiger partial charge is 0.586 e. The Morgan fingerprint density at radius 1 is 1.10 bits per heavy atom. The minimum atomic E-state index is -4.78. The molecule has 162 valence electrons. The number of benzene rings is 1. The van der Waals surface area contributed by atoms with Crippen molar-refractivity contribution < 1.29 is 36.2 Å². The molecule has 31 heavy (non-hydrogen) atoms. The van der Waals surface area contributed by atoms with Gasteiger partial charge in [-0.1, -0.05) is 0 Å². The predicted molar refractivity (Wildman–Crippen MR) is 94.6 cm³/mol. The quantitative estimate of drug-likeness (QED) is 0.623. The van der Waals surface area contributed by atoms with Crippen LogP contribution in [-0.4, -0.2) is 32.0 Å². The second-order valence-electron chi connectivity index (χ2n) is 6.55. The summed E-state index contributed by atoms with van der Waals surface area (Å²) in [6.07, 6.45) is -5.40. The molecule has 0 bridgehead atoms. The van der Waals surface area contributed by atoms with Crippen molar-refractivity contribution in [2.75, 3.05) is 5.32 Å². The molecule has 0 saturated heterocycles. The summed E-state index contributed by atoms with van der Waals surface area (Å²) in [5.74, 6) is -1.49. The van der Waals surface area contributed by atoms with Gasteiger partial charge in [0.25, 0.3) is 5.91 Å². The lowest BCUT2D eigenvalue weighted by Gasteiger charge is -2.10. The van der Waals surface area contributed by atoms with Crippen LogP contribution in [-0.2, 0) is 13.2 Å². The standard InChI is InChI=1S/C18H12F5N5O3/c1-8-3-12-13(31-18(22,23)30-12)4-9(8)11-6-25-14(7-24-11)27-16(29)10-5-26-28(2)15(10)17(19,20)21/h3-7H,1-2H3,(H,25,27,29). The summed E-state index contributed by atoms with van der Waals surface area (Å²) in [7, 11) is 1.07. The third-order valence-electron chi connectivity index (χ3n) is 4.37. The number of nitrogens with zero attached hydrogens (tertiary/aromatic N) is 4. The number of aromatic nitrogens is 4. The number of anilines is 1. The van der Waals surface area contributed by atoms with Crippen molar-refractivity contribution in [2.45, 2.75) is 19.4 Å². The van der Waals surface area contributed by atoms with Gasteiger partial charge in [-0.3, -0.25) is 14.5 Å². The van der Waals surface area contributed by atoms with E-state index in [0.29, 0.717) is 15.8 Å². The first-order valence-corrected chi connectivity index (χ1v) is 8.58. The van der Waals surface area contributed by atoms with E-state index in [4.69, 9.17) is 0 Å². The summed E-state index contributed by atoms with van der Waals surface area (Å²) in [6.45, 7) is 1.63. The molecular formula is C18H12F5N5O3. The van der Waals surface area contributed by atoms with Gasteiger partial charge in [0.15, 0.2) is 23.0 Å². The number of halogens is 5. The van der Waals surface area contributed by atoms with Gasteiger partial charge in [0.1, 0.15) is 0 Å². The summed E-state index contributed by atoms with van der Waals surface area (Å²) in [5, 5.41) is 5.69. The first kappa shape index (κ1) is 20.5. The fourth-order valence-electron chi connectivity index (χ4n) is 3.03. The van der Waals surface area contributed by atoms with Gasteiger partial charge in [0, 0.05) is 12.6 Å². The molecule has 0 fully saturated rings. The van der Waals surface area contributed by atoms with Crippen LogP contribution in [0.4, 0.5) is 27.8 Å². The minimum absolute atomic E-state index is 0.115. The fraction of sp³-hybridized carbons (Fsp3) is 0.222. The van der Waals surface area contributed by atoms with Crippen LogP contribution in [0.3, 0.4) is 0 Å². The fourth-order valence-corrected chi connectivity index (χ4v) is 3.03. The molecule has 0 unspecified atom stereocenters. The molecule has 13 heteroatoms. The Balaban J connectivity index is 1.56. The van der Waals surface area contributed by atoms with Crippen molar-refractivity contribution in [2.24, 2.45) is 7.05 Å². The van der Waals surface area contributed by atoms with Gasteiger partial charge >= 0.3 is 12.5 Å². The minimum Gasteiger partial charge on any atom is -0.395 e. The molecule has 1 aliphatic rings. The van der Waals surface area contributed by atoms with Crippen molar-refractivity contribution in [3.05, 3.63) is 47.5 Å². The highest BCUT2D eigenvalue weighted by Crippen LogP contribution is 2.44. The molecule has 1 N–H and O–H groups in total. The van der Waals surface area contributed by atoms with Crippen LogP contribution in [0.15, 0.2) is 30.7 Å². The number of hydrogen-bond acceptors (Lipinski definition) is 6. The zero-order chi connectivity index (χ0) is 22.6. The normalized spacial score (nSPS) is 14.5. The number of nitrogens with one attached hydrogen (secondary N) is 1. The number of aryl methyl sites for hydroxylation is 2. The average Bonchev–Trinajstić information content (AvgIpc) is 3.19. The van der Waals surface area contributed by atoms with Crippen LogP contribution >= 0.6 is 0 Å². The molecule has 1 aromatic carbocycles. The Kier molecular flexibility index (Phi) is 4.56. The second-order valence-corrected chi connectivity index (χ2v) is 6.55. The van der Waals surface area contributed by atoms with Crippen molar-refractivity contribution in [1.82, 2.24) is 19.7 Å². The number of carbonyl (C=O) groups is 1. The molecule has 1 aliphatic heterocycles. The zero-order valence-electron chi connectivity index (χ0n) is 15.8. The highest BCUT2D eigenvalue weighted by atomic mass is 19.4. The van der Waals surface area contributed by atoms with E-state index in [0.717, 1.165) is 19.4 Å². The van der Waals surface area contributed by atoms with E-state index in [2.05, 4.69) is 29.9 Å². The molecule has 0 atom stereocenters. The number of amides is 1. The molecule has 4 rings (SSSR count). The lowest BCUT2D eigenvalue weighted by molar-refractivity contribution is -0.286. The highest BCUT2D eigenvalue weighted by Gasteiger charge is 2.44. The van der Waals surface area contributed by atoms with Crippen LogP contribution in [0.2, 0.25) is 0 Å². The number of rotatable bonds is 3. The Morgan fingerprint density at radius 2 is 1.77 bits per heavy atom. The first-order chi connectivity index (χ1) is 14.4. The average molecular weight is 441 g/mol. The third-order valence-corrected chi connectivity index (χ3v) is 4.37. The van der Waals surface area contributed by atoms with E-state index in [1.165, 1.54) is 18.3 Å². The maximum Gasteiger partial charge on any atom is 0.586 e. The van der Waals surface area contributed by atoms with E-state index in [1.807, 2.05) is 0 Å². The van der Waals surface area contributed by atoms with Gasteiger partial charge in [-0.25, -0.2) is 4.98 Å². The maximum absolute atomic E-state index is 13.2. The SMILES string of the molecule is Cc1cc2c(cc1-c1cnc(NC(=O)c3cnn(C)c3C(F)(F)F)cn1)OC(F)(F)O2. The van der Waals surface area contributed by atoms with Gasteiger partial charge in [-0.05, 0) is 24.6 Å². The van der Waals surface area contributed by atoms with Gasteiger partial charge in [-0.15, -0.1) is 8.78 Å². The predicted octanol–water partition coefficient (Wildman–Crippen LogP) is 3.78. The van der Waals surface area contributed by atoms with Gasteiger partial charge < -0.3 is 14.8 Å². The number of fused-ring (bicyclic) bond motifs is 1. The summed E-state index contributed by atoms with van der Waals surface area (Å²) < 4.78 is 75.2. The first-order valence-electron chi connectivity index (χ1n) is 8.58. The van der Waals surface area contributed by atoms with E-state index >= 15 is 0 Å². The monoisotopic (exact) mass is 441 g/mol. The molecule has 3 heterocycles. The number of alkyl halides is 5. The summed E-state index contributed by atoms with van der Waals surface area (Å²) in [6, 6.07) is 2.66. The molecule has 0 aliphatic carbocycles. The third kappa shape index (κ3) is 3.85. The molecule has 2 aromatic heterocycles. The second kappa shape index (κ2) is 6.89. The van der Waals surface area contributed by atoms with E-state index in [9.17, 15) is 26.7 Å². The number of ether oxygens (including phenoxy) is 2. The van der Waals surface area contributed by atoms with Crippen LogP contribution in [0.25, 0.3) is 11.3 Å². The molecule has 3 aromatic rings. The van der Waals surface area contributed by atoms with Crippen molar-refractivity contribution in [1.29, 1.82) is 0 Å². The molecule has 1 amide bonds. The number of hydrogen-bond donors (Lipinski definition) is 1. The topological polar surface area (TPSA) is 91.2 Å². The smallest absolute Gasteiger partial charge is 0.395 e. The zero-order valence-corrected chi connectivity index (χ0v) is 15.8. The lowest BCUT2D eigenvalue weighted by Crippen LogP contribution is -2.25. The maximum atomic E-state index is 13.2. The molecule has 0 spiro atoms. The van der Waals surface area contributed by atoms with Crippen LogP contribution < -0.4 is 14.8 Å². The summed E-state index contributed by atoms with van der Waals surface area (Å²) >= 11 is 0. The molecular weight excluding hydrogens is 429 g/mol. The molecule has 8 nitrogen and oxygen atoms in total.